The van der Waals surface area contributed by atoms with Gasteiger partial charge in [0.25, 0.3) is 0 Å². The molecule has 0 saturated carbocycles. The predicted octanol–water partition coefficient (Wildman–Crippen LogP) is 5.44. The molecule has 7 nitrogen and oxygen atoms in total. The van der Waals surface area contributed by atoms with E-state index in [0.29, 0.717) is 28.2 Å². The molecule has 2 aromatic heterocycles. The van der Waals surface area contributed by atoms with E-state index in [4.69, 9.17) is 9.47 Å². The van der Waals surface area contributed by atoms with Gasteiger partial charge < -0.3 is 19.0 Å². The Bertz CT molecular complexity index is 1330. The summed E-state index contributed by atoms with van der Waals surface area (Å²) in [4.78, 5) is 24.4. The Kier molecular flexibility index (Phi) is 7.22. The van der Waals surface area contributed by atoms with Crippen LogP contribution in [0.2, 0.25) is 0 Å². The molecule has 1 N–H and O–H groups in total. The number of methoxy groups -OCH3 is 1. The van der Waals surface area contributed by atoms with Crippen LogP contribution in [0.15, 0.2) is 55.0 Å². The minimum absolute atomic E-state index is 0.135. The van der Waals surface area contributed by atoms with Gasteiger partial charge in [0.15, 0.2) is 5.69 Å². The van der Waals surface area contributed by atoms with Crippen molar-refractivity contribution >= 4 is 34.1 Å². The molecule has 2 heterocycles. The number of H-pyrrole nitrogens is 1. The van der Waals surface area contributed by atoms with E-state index in [1.54, 1.807) is 31.6 Å². The lowest BCUT2D eigenvalue weighted by atomic mass is 10.1. The number of esters is 1. The number of halogens is 2. The number of nitrogens with zero attached hydrogens (tertiary/aromatic N) is 3. The number of aromatic amines is 1. The third-order valence-corrected chi connectivity index (χ3v) is 5.31. The van der Waals surface area contributed by atoms with Gasteiger partial charge in [0.1, 0.15) is 24.0 Å². The van der Waals surface area contributed by atoms with E-state index in [-0.39, 0.29) is 18.1 Å². The third-order valence-electron chi connectivity index (χ3n) is 4.99. The molecule has 0 amide bonds. The van der Waals surface area contributed by atoms with Crippen LogP contribution >= 0.6 is 15.9 Å². The number of imidazole rings is 2. The Balaban J connectivity index is 1.64. The van der Waals surface area contributed by atoms with Crippen molar-refractivity contribution in [2.75, 3.05) is 19.0 Å². The highest BCUT2D eigenvalue weighted by molar-refractivity contribution is 9.09. The van der Waals surface area contributed by atoms with Crippen LogP contribution in [0, 0.1) is 12.7 Å². The zero-order valence-electron chi connectivity index (χ0n) is 18.6. The zero-order chi connectivity index (χ0) is 24.1. The van der Waals surface area contributed by atoms with Crippen molar-refractivity contribution in [1.82, 2.24) is 19.5 Å². The first-order valence-corrected chi connectivity index (χ1v) is 11.6. The van der Waals surface area contributed by atoms with Crippen LogP contribution < -0.4 is 4.74 Å². The van der Waals surface area contributed by atoms with Crippen molar-refractivity contribution < 1.29 is 18.7 Å². The minimum Gasteiger partial charge on any atom is -0.495 e. The van der Waals surface area contributed by atoms with Crippen molar-refractivity contribution in [3.63, 3.8) is 0 Å². The number of ether oxygens (including phenoxy) is 2. The topological polar surface area (TPSA) is 82.0 Å². The second kappa shape index (κ2) is 10.5. The second-order valence-corrected chi connectivity index (χ2v) is 8.16. The molecule has 0 fully saturated rings. The summed E-state index contributed by atoms with van der Waals surface area (Å²) in [6.45, 7) is 2.13. The molecule has 0 spiro atoms. The highest BCUT2D eigenvalue weighted by atomic mass is 79.9. The Morgan fingerprint density at radius 1 is 1.21 bits per heavy atom. The van der Waals surface area contributed by atoms with Crippen LogP contribution in [-0.4, -0.2) is 44.5 Å². The molecule has 0 unspecified atom stereocenters. The van der Waals surface area contributed by atoms with Gasteiger partial charge >= 0.3 is 5.97 Å². The van der Waals surface area contributed by atoms with Crippen LogP contribution in [0.1, 0.15) is 27.6 Å². The molecule has 174 valence electrons. The van der Waals surface area contributed by atoms with Gasteiger partial charge in [-0.25, -0.2) is 19.2 Å². The van der Waals surface area contributed by atoms with Crippen LogP contribution in [0.4, 0.5) is 4.39 Å². The van der Waals surface area contributed by atoms with Gasteiger partial charge in [0.05, 0.1) is 30.5 Å². The van der Waals surface area contributed by atoms with Gasteiger partial charge in [-0.1, -0.05) is 28.1 Å². The first kappa shape index (κ1) is 23.4. The molecule has 34 heavy (non-hydrogen) atoms. The Morgan fingerprint density at radius 3 is 2.68 bits per heavy atom. The molecule has 0 atom stereocenters. The third kappa shape index (κ3) is 5.26. The Labute approximate surface area is 204 Å². The Hall–Kier alpha value is -3.72. The molecule has 0 aliphatic rings. The SMILES string of the molecule is COc1cc(/C=C/c2nc(C(=O)OCCBr)c(-c3ccc(F)cc3)[nH]2)ccc1-n1cnc(C)c1. The maximum absolute atomic E-state index is 13.4. The quantitative estimate of drug-likeness (QED) is 0.245. The minimum atomic E-state index is -0.559. The molecular weight excluding hydrogens is 503 g/mol. The van der Waals surface area contributed by atoms with E-state index in [2.05, 4.69) is 30.9 Å². The monoisotopic (exact) mass is 524 g/mol. The fourth-order valence-electron chi connectivity index (χ4n) is 3.38. The fraction of sp³-hybridized carbons (Fsp3) is 0.160. The van der Waals surface area contributed by atoms with E-state index >= 15 is 0 Å². The first-order chi connectivity index (χ1) is 16.5. The maximum atomic E-state index is 13.4. The number of carbonyl (C=O) groups excluding carboxylic acids is 1. The maximum Gasteiger partial charge on any atom is 0.359 e. The number of rotatable bonds is 8. The van der Waals surface area contributed by atoms with E-state index in [0.717, 1.165) is 16.9 Å². The van der Waals surface area contributed by atoms with Crippen LogP contribution in [-0.2, 0) is 4.74 Å². The number of hydrogen-bond donors (Lipinski definition) is 1. The van der Waals surface area contributed by atoms with E-state index < -0.39 is 5.97 Å². The number of aromatic nitrogens is 4. The second-order valence-electron chi connectivity index (χ2n) is 7.36. The predicted molar refractivity (Wildman–Crippen MR) is 132 cm³/mol. The van der Waals surface area contributed by atoms with Gasteiger partial charge in [0.2, 0.25) is 0 Å². The summed E-state index contributed by atoms with van der Waals surface area (Å²) in [5, 5.41) is 0.512. The highest BCUT2D eigenvalue weighted by Crippen LogP contribution is 2.27. The van der Waals surface area contributed by atoms with E-state index in [9.17, 15) is 9.18 Å². The first-order valence-electron chi connectivity index (χ1n) is 10.4. The number of nitrogens with one attached hydrogen (secondary N) is 1. The molecule has 0 aliphatic heterocycles. The summed E-state index contributed by atoms with van der Waals surface area (Å²) in [7, 11) is 1.61. The summed E-state index contributed by atoms with van der Waals surface area (Å²) in [5.41, 5.74) is 3.87. The highest BCUT2D eigenvalue weighted by Gasteiger charge is 2.19. The zero-order valence-corrected chi connectivity index (χ0v) is 20.2. The summed E-state index contributed by atoms with van der Waals surface area (Å²) < 4.78 is 26.1. The summed E-state index contributed by atoms with van der Waals surface area (Å²) in [5.74, 6) is 0.217. The van der Waals surface area contributed by atoms with Gasteiger partial charge in [-0.05, 0) is 55.0 Å². The molecule has 0 radical (unpaired) electrons. The number of benzene rings is 2. The van der Waals surface area contributed by atoms with E-state index in [1.807, 2.05) is 42.0 Å². The summed E-state index contributed by atoms with van der Waals surface area (Å²) in [6, 6.07) is 11.6. The standard InChI is InChI=1S/C25H22BrFN4O3/c1-16-14-31(15-28-16)20-9-3-17(13-21(20)33-2)4-10-22-29-23(18-5-7-19(27)8-6-18)24(30-22)25(32)34-12-11-26/h3-10,13-15H,11-12H2,1-2H3,(H,29,30)/b10-4+. The summed E-state index contributed by atoms with van der Waals surface area (Å²) >= 11 is 3.24. The van der Waals surface area contributed by atoms with Crippen molar-refractivity contribution in [2.24, 2.45) is 0 Å². The number of alkyl halides is 1. The molecule has 0 saturated heterocycles. The van der Waals surface area contributed by atoms with Crippen molar-refractivity contribution in [3.8, 4) is 22.7 Å². The molecule has 9 heteroatoms. The number of hydrogen-bond acceptors (Lipinski definition) is 5. The van der Waals surface area contributed by atoms with Gasteiger partial charge in [0, 0.05) is 17.1 Å². The molecule has 4 aromatic rings. The number of aryl methyl sites for hydroxylation is 1. The van der Waals surface area contributed by atoms with Crippen molar-refractivity contribution in [2.45, 2.75) is 6.92 Å². The van der Waals surface area contributed by atoms with Gasteiger partial charge in [-0.2, -0.15) is 0 Å². The van der Waals surface area contributed by atoms with Crippen LogP contribution in [0.25, 0.3) is 29.1 Å². The molecule has 0 aliphatic carbocycles. The average molecular weight is 525 g/mol. The largest absolute Gasteiger partial charge is 0.495 e. The average Bonchev–Trinajstić information content (AvgIpc) is 3.48. The Morgan fingerprint density at radius 2 is 2.00 bits per heavy atom. The van der Waals surface area contributed by atoms with Crippen molar-refractivity contribution in [1.29, 1.82) is 0 Å². The van der Waals surface area contributed by atoms with Crippen molar-refractivity contribution in [3.05, 3.63) is 83.6 Å². The van der Waals surface area contributed by atoms with Gasteiger partial charge in [-0.15, -0.1) is 0 Å². The van der Waals surface area contributed by atoms with E-state index in [1.165, 1.54) is 12.1 Å². The molecular formula is C25H22BrFN4O3. The number of carbonyl (C=O) groups is 1. The summed E-state index contributed by atoms with van der Waals surface area (Å²) in [6.07, 6.45) is 7.26. The van der Waals surface area contributed by atoms with Crippen LogP contribution in [0.5, 0.6) is 5.75 Å². The molecule has 0 bridgehead atoms. The molecule has 4 rings (SSSR count). The lowest BCUT2D eigenvalue weighted by Crippen LogP contribution is -2.09. The molecule has 2 aromatic carbocycles. The fourth-order valence-corrected chi connectivity index (χ4v) is 3.54. The van der Waals surface area contributed by atoms with Gasteiger partial charge in [-0.3, -0.25) is 0 Å². The lowest BCUT2D eigenvalue weighted by molar-refractivity contribution is 0.0526. The lowest BCUT2D eigenvalue weighted by Gasteiger charge is -2.09. The smallest absolute Gasteiger partial charge is 0.359 e. The van der Waals surface area contributed by atoms with Crippen LogP contribution in [0.3, 0.4) is 0 Å². The normalized spacial score (nSPS) is 11.2.